The van der Waals surface area contributed by atoms with Crippen molar-refractivity contribution in [2.24, 2.45) is 0 Å². The van der Waals surface area contributed by atoms with E-state index in [1.807, 2.05) is 6.92 Å². The van der Waals surface area contributed by atoms with Crippen molar-refractivity contribution >= 4 is 5.97 Å². The zero-order valence-electron chi connectivity index (χ0n) is 13.1. The minimum atomic E-state index is -0.695. The van der Waals surface area contributed by atoms with Crippen molar-refractivity contribution in [1.29, 1.82) is 0 Å². The molecule has 0 fully saturated rings. The van der Waals surface area contributed by atoms with Gasteiger partial charge in [0.15, 0.2) is 0 Å². The van der Waals surface area contributed by atoms with E-state index in [1.165, 1.54) is 32.1 Å². The topological polar surface area (TPSA) is 49.3 Å². The van der Waals surface area contributed by atoms with Crippen molar-refractivity contribution < 1.29 is 9.90 Å². The quantitative estimate of drug-likeness (QED) is 0.489. The number of carboxylic acids is 1. The number of unbranched alkanes of at least 4 members (excludes halogenated alkanes) is 6. The van der Waals surface area contributed by atoms with Crippen molar-refractivity contribution in [2.45, 2.75) is 90.5 Å². The van der Waals surface area contributed by atoms with E-state index in [0.717, 1.165) is 32.2 Å². The number of hydrogen-bond donors (Lipinski definition) is 2. The highest BCUT2D eigenvalue weighted by Gasteiger charge is 2.34. The van der Waals surface area contributed by atoms with Crippen LogP contribution in [0, 0.1) is 0 Å². The zero-order chi connectivity index (χ0) is 14.6. The first-order valence-corrected chi connectivity index (χ1v) is 8.11. The number of aliphatic carboxylic acids is 1. The molecule has 0 saturated carbocycles. The molecule has 0 spiro atoms. The summed E-state index contributed by atoms with van der Waals surface area (Å²) < 4.78 is 0. The van der Waals surface area contributed by atoms with Crippen LogP contribution in [-0.4, -0.2) is 23.2 Å². The fourth-order valence-corrected chi connectivity index (χ4v) is 2.44. The lowest BCUT2D eigenvalue weighted by molar-refractivity contribution is -0.145. The van der Waals surface area contributed by atoms with E-state index in [-0.39, 0.29) is 0 Å². The second-order valence-corrected chi connectivity index (χ2v) is 5.54. The second kappa shape index (κ2) is 11.3. The van der Waals surface area contributed by atoms with Crippen LogP contribution in [0.3, 0.4) is 0 Å². The maximum Gasteiger partial charge on any atom is 0.323 e. The summed E-state index contributed by atoms with van der Waals surface area (Å²) in [7, 11) is 0. The smallest absolute Gasteiger partial charge is 0.323 e. The zero-order valence-corrected chi connectivity index (χ0v) is 13.1. The Morgan fingerprint density at radius 1 is 0.947 bits per heavy atom. The largest absolute Gasteiger partial charge is 0.480 e. The second-order valence-electron chi connectivity index (χ2n) is 5.54. The third-order valence-corrected chi connectivity index (χ3v) is 3.96. The average Bonchev–Trinajstić information content (AvgIpc) is 2.41. The summed E-state index contributed by atoms with van der Waals surface area (Å²) in [5.74, 6) is -0.686. The van der Waals surface area contributed by atoms with Crippen LogP contribution >= 0.6 is 0 Å². The van der Waals surface area contributed by atoms with E-state index >= 15 is 0 Å². The lowest BCUT2D eigenvalue weighted by atomic mass is 9.89. The number of nitrogens with one attached hydrogen (secondary N) is 1. The SMILES string of the molecule is CCCCCCCCNC(CC)(CCCC)C(=O)O. The highest BCUT2D eigenvalue weighted by atomic mass is 16.4. The molecule has 0 amide bonds. The number of carbonyl (C=O) groups is 1. The Balaban J connectivity index is 3.95. The van der Waals surface area contributed by atoms with Crippen LogP contribution in [0.4, 0.5) is 0 Å². The first kappa shape index (κ1) is 18.4. The fraction of sp³-hybridized carbons (Fsp3) is 0.938. The van der Waals surface area contributed by atoms with E-state index in [2.05, 4.69) is 19.2 Å². The summed E-state index contributed by atoms with van der Waals surface area (Å²) in [4.78, 5) is 11.5. The molecule has 0 aliphatic rings. The van der Waals surface area contributed by atoms with E-state index in [4.69, 9.17) is 0 Å². The minimum Gasteiger partial charge on any atom is -0.480 e. The number of rotatable bonds is 13. The van der Waals surface area contributed by atoms with Gasteiger partial charge >= 0.3 is 5.97 Å². The molecule has 0 aromatic carbocycles. The van der Waals surface area contributed by atoms with E-state index in [1.54, 1.807) is 0 Å². The van der Waals surface area contributed by atoms with E-state index in [0.29, 0.717) is 6.42 Å². The molecule has 3 heteroatoms. The predicted octanol–water partition coefficient (Wildman–Crippen LogP) is 4.36. The van der Waals surface area contributed by atoms with Gasteiger partial charge in [0.2, 0.25) is 0 Å². The van der Waals surface area contributed by atoms with Crippen LogP contribution < -0.4 is 5.32 Å². The van der Waals surface area contributed by atoms with Crippen LogP contribution in [0.1, 0.15) is 85.0 Å². The predicted molar refractivity (Wildman–Crippen MR) is 81.6 cm³/mol. The van der Waals surface area contributed by atoms with Crippen LogP contribution in [-0.2, 0) is 4.79 Å². The van der Waals surface area contributed by atoms with Crippen molar-refractivity contribution in [3.8, 4) is 0 Å². The molecule has 2 N–H and O–H groups in total. The minimum absolute atomic E-state index is 0.665. The van der Waals surface area contributed by atoms with Crippen LogP contribution in [0.2, 0.25) is 0 Å². The summed E-state index contributed by atoms with van der Waals surface area (Å²) in [6.45, 7) is 7.13. The van der Waals surface area contributed by atoms with Gasteiger partial charge in [0, 0.05) is 0 Å². The van der Waals surface area contributed by atoms with Gasteiger partial charge in [-0.25, -0.2) is 0 Å². The molecule has 0 rings (SSSR count). The lowest BCUT2D eigenvalue weighted by Crippen LogP contribution is -2.52. The number of hydrogen-bond acceptors (Lipinski definition) is 2. The van der Waals surface area contributed by atoms with Crippen LogP contribution in [0.25, 0.3) is 0 Å². The summed E-state index contributed by atoms with van der Waals surface area (Å²) in [5.41, 5.74) is -0.695. The lowest BCUT2D eigenvalue weighted by Gasteiger charge is -2.29. The third-order valence-electron chi connectivity index (χ3n) is 3.96. The summed E-state index contributed by atoms with van der Waals surface area (Å²) in [6, 6.07) is 0. The Hall–Kier alpha value is -0.570. The molecule has 1 atom stereocenters. The van der Waals surface area contributed by atoms with Gasteiger partial charge in [-0.1, -0.05) is 65.7 Å². The Labute approximate surface area is 119 Å². The maximum atomic E-state index is 11.5. The standard InChI is InChI=1S/C16H33NO2/c1-4-7-9-10-11-12-14-17-16(6-3,15(18)19)13-8-5-2/h17H,4-14H2,1-3H3,(H,18,19). The highest BCUT2D eigenvalue weighted by Crippen LogP contribution is 2.19. The molecule has 0 aromatic rings. The molecule has 0 aliphatic carbocycles. The molecule has 19 heavy (non-hydrogen) atoms. The van der Waals surface area contributed by atoms with E-state index in [9.17, 15) is 9.90 Å². The normalized spacial score (nSPS) is 14.3. The molecule has 0 radical (unpaired) electrons. The van der Waals surface area contributed by atoms with Gasteiger partial charge in [-0.2, -0.15) is 0 Å². The number of carboxylic acid groups (broad SMARTS) is 1. The van der Waals surface area contributed by atoms with Gasteiger partial charge < -0.3 is 10.4 Å². The average molecular weight is 271 g/mol. The Kier molecular flexibility index (Phi) is 10.9. The first-order chi connectivity index (χ1) is 9.13. The third kappa shape index (κ3) is 7.56. The first-order valence-electron chi connectivity index (χ1n) is 8.11. The van der Waals surface area contributed by atoms with Gasteiger partial charge in [0.25, 0.3) is 0 Å². The highest BCUT2D eigenvalue weighted by molar-refractivity contribution is 5.78. The van der Waals surface area contributed by atoms with Gasteiger partial charge in [0.1, 0.15) is 5.54 Å². The molecule has 0 saturated heterocycles. The van der Waals surface area contributed by atoms with Gasteiger partial charge in [0.05, 0.1) is 0 Å². The van der Waals surface area contributed by atoms with Crippen LogP contribution in [0.15, 0.2) is 0 Å². The molecule has 1 unspecified atom stereocenters. The van der Waals surface area contributed by atoms with E-state index < -0.39 is 11.5 Å². The molecule has 0 aromatic heterocycles. The Morgan fingerprint density at radius 3 is 2.05 bits per heavy atom. The summed E-state index contributed by atoms with van der Waals surface area (Å²) in [6.07, 6.45) is 10.9. The Morgan fingerprint density at radius 2 is 1.53 bits per heavy atom. The van der Waals surface area contributed by atoms with Gasteiger partial charge in [-0.15, -0.1) is 0 Å². The summed E-state index contributed by atoms with van der Waals surface area (Å²) >= 11 is 0. The molecular formula is C16H33NO2. The molecule has 0 aliphatic heterocycles. The van der Waals surface area contributed by atoms with Gasteiger partial charge in [-0.05, 0) is 25.8 Å². The monoisotopic (exact) mass is 271 g/mol. The van der Waals surface area contributed by atoms with Crippen molar-refractivity contribution in [2.75, 3.05) is 6.54 Å². The molecule has 3 nitrogen and oxygen atoms in total. The molecule has 0 heterocycles. The molecule has 0 bridgehead atoms. The van der Waals surface area contributed by atoms with Crippen molar-refractivity contribution in [3.63, 3.8) is 0 Å². The maximum absolute atomic E-state index is 11.5. The Bertz CT molecular complexity index is 231. The van der Waals surface area contributed by atoms with Crippen molar-refractivity contribution in [1.82, 2.24) is 5.32 Å². The molecule has 114 valence electrons. The fourth-order valence-electron chi connectivity index (χ4n) is 2.44. The molecular weight excluding hydrogens is 238 g/mol. The van der Waals surface area contributed by atoms with Crippen LogP contribution in [0.5, 0.6) is 0 Å². The van der Waals surface area contributed by atoms with Crippen molar-refractivity contribution in [3.05, 3.63) is 0 Å². The van der Waals surface area contributed by atoms with Gasteiger partial charge in [-0.3, -0.25) is 4.79 Å². The summed E-state index contributed by atoms with van der Waals surface area (Å²) in [5, 5.41) is 12.8.